The van der Waals surface area contributed by atoms with Crippen LogP contribution in [0.5, 0.6) is 5.75 Å². The SMILES string of the molecule is COc1ccc(Cl)c(NCc2ccncn2)c1. The average molecular weight is 250 g/mol. The minimum absolute atomic E-state index is 0.593. The number of rotatable bonds is 4. The van der Waals surface area contributed by atoms with E-state index in [0.717, 1.165) is 17.1 Å². The molecule has 1 N–H and O–H groups in total. The molecule has 0 aliphatic rings. The van der Waals surface area contributed by atoms with Gasteiger partial charge in [0, 0.05) is 12.3 Å². The molecule has 5 heteroatoms. The predicted octanol–water partition coefficient (Wildman–Crippen LogP) is 2.75. The van der Waals surface area contributed by atoms with Crippen LogP contribution in [0.25, 0.3) is 0 Å². The first-order chi connectivity index (χ1) is 8.29. The van der Waals surface area contributed by atoms with E-state index in [1.807, 2.05) is 18.2 Å². The maximum atomic E-state index is 6.07. The van der Waals surface area contributed by atoms with E-state index in [1.54, 1.807) is 19.4 Å². The van der Waals surface area contributed by atoms with Crippen LogP contribution >= 0.6 is 11.6 Å². The van der Waals surface area contributed by atoms with E-state index in [-0.39, 0.29) is 0 Å². The highest BCUT2D eigenvalue weighted by molar-refractivity contribution is 6.33. The van der Waals surface area contributed by atoms with E-state index >= 15 is 0 Å². The Morgan fingerprint density at radius 2 is 2.24 bits per heavy atom. The first kappa shape index (κ1) is 11.7. The Morgan fingerprint density at radius 1 is 1.35 bits per heavy atom. The second kappa shape index (κ2) is 5.50. The van der Waals surface area contributed by atoms with Gasteiger partial charge in [-0.3, -0.25) is 0 Å². The number of hydrogen-bond donors (Lipinski definition) is 1. The summed E-state index contributed by atoms with van der Waals surface area (Å²) in [7, 11) is 1.62. The van der Waals surface area contributed by atoms with Gasteiger partial charge in [0.05, 0.1) is 30.1 Å². The second-order valence-electron chi connectivity index (χ2n) is 3.40. The van der Waals surface area contributed by atoms with Crippen LogP contribution in [0.2, 0.25) is 5.02 Å². The lowest BCUT2D eigenvalue weighted by Crippen LogP contribution is -2.02. The van der Waals surface area contributed by atoms with E-state index < -0.39 is 0 Å². The molecule has 0 fully saturated rings. The Hall–Kier alpha value is -1.81. The van der Waals surface area contributed by atoms with Gasteiger partial charge in [0.2, 0.25) is 0 Å². The molecule has 0 aliphatic carbocycles. The van der Waals surface area contributed by atoms with Gasteiger partial charge in [0.25, 0.3) is 0 Å². The van der Waals surface area contributed by atoms with Gasteiger partial charge in [0.1, 0.15) is 12.1 Å². The molecule has 17 heavy (non-hydrogen) atoms. The largest absolute Gasteiger partial charge is 0.497 e. The predicted molar refractivity (Wildman–Crippen MR) is 67.4 cm³/mol. The lowest BCUT2D eigenvalue weighted by molar-refractivity contribution is 0.415. The zero-order valence-corrected chi connectivity index (χ0v) is 10.1. The van der Waals surface area contributed by atoms with Crippen LogP contribution in [-0.2, 0) is 6.54 Å². The summed E-state index contributed by atoms with van der Waals surface area (Å²) < 4.78 is 5.14. The highest BCUT2D eigenvalue weighted by Gasteiger charge is 2.02. The molecule has 0 amide bonds. The van der Waals surface area contributed by atoms with Crippen molar-refractivity contribution in [1.82, 2.24) is 9.97 Å². The second-order valence-corrected chi connectivity index (χ2v) is 3.81. The lowest BCUT2D eigenvalue weighted by atomic mass is 10.3. The van der Waals surface area contributed by atoms with Crippen molar-refractivity contribution in [1.29, 1.82) is 0 Å². The monoisotopic (exact) mass is 249 g/mol. The van der Waals surface area contributed by atoms with Gasteiger partial charge in [-0.2, -0.15) is 0 Å². The maximum Gasteiger partial charge on any atom is 0.121 e. The summed E-state index contributed by atoms with van der Waals surface area (Å²) in [5, 5.41) is 3.85. The molecule has 1 aromatic heterocycles. The maximum absolute atomic E-state index is 6.07. The fraction of sp³-hybridized carbons (Fsp3) is 0.167. The van der Waals surface area contributed by atoms with Crippen molar-refractivity contribution in [3.63, 3.8) is 0 Å². The Balaban J connectivity index is 2.08. The summed E-state index contributed by atoms with van der Waals surface area (Å²) in [6, 6.07) is 7.31. The summed E-state index contributed by atoms with van der Waals surface area (Å²) >= 11 is 6.07. The number of ether oxygens (including phenoxy) is 1. The summed E-state index contributed by atoms with van der Waals surface area (Å²) in [6.07, 6.45) is 3.22. The molecule has 4 nitrogen and oxygen atoms in total. The normalized spacial score (nSPS) is 10.0. The number of hydrogen-bond acceptors (Lipinski definition) is 4. The fourth-order valence-electron chi connectivity index (χ4n) is 1.38. The molecule has 0 aliphatic heterocycles. The number of methoxy groups -OCH3 is 1. The van der Waals surface area contributed by atoms with E-state index in [9.17, 15) is 0 Å². The molecule has 0 radical (unpaired) electrons. The van der Waals surface area contributed by atoms with E-state index in [0.29, 0.717) is 11.6 Å². The van der Waals surface area contributed by atoms with Crippen LogP contribution in [0, 0.1) is 0 Å². The number of nitrogens with one attached hydrogen (secondary N) is 1. The van der Waals surface area contributed by atoms with Crippen LogP contribution < -0.4 is 10.1 Å². The number of aromatic nitrogens is 2. The number of halogens is 1. The molecule has 2 aromatic rings. The number of benzene rings is 1. The first-order valence-corrected chi connectivity index (χ1v) is 5.49. The van der Waals surface area contributed by atoms with Crippen LogP contribution in [0.4, 0.5) is 5.69 Å². The zero-order valence-electron chi connectivity index (χ0n) is 9.35. The molecular weight excluding hydrogens is 238 g/mol. The summed E-state index contributed by atoms with van der Waals surface area (Å²) in [5.41, 5.74) is 1.73. The molecule has 0 spiro atoms. The molecule has 0 atom stereocenters. The third-order valence-corrected chi connectivity index (χ3v) is 2.61. The fourth-order valence-corrected chi connectivity index (χ4v) is 1.56. The molecule has 1 heterocycles. The summed E-state index contributed by atoms with van der Waals surface area (Å²) in [5.74, 6) is 0.764. The molecule has 1 aromatic carbocycles. The summed E-state index contributed by atoms with van der Waals surface area (Å²) in [6.45, 7) is 0.593. The summed E-state index contributed by atoms with van der Waals surface area (Å²) in [4.78, 5) is 7.98. The van der Waals surface area contributed by atoms with Crippen molar-refractivity contribution < 1.29 is 4.74 Å². The van der Waals surface area contributed by atoms with Crippen molar-refractivity contribution in [3.05, 3.63) is 47.5 Å². The van der Waals surface area contributed by atoms with Gasteiger partial charge in [-0.1, -0.05) is 11.6 Å². The number of anilines is 1. The van der Waals surface area contributed by atoms with Gasteiger partial charge < -0.3 is 10.1 Å². The van der Waals surface area contributed by atoms with Crippen LogP contribution in [-0.4, -0.2) is 17.1 Å². The molecule has 0 saturated carbocycles. The van der Waals surface area contributed by atoms with Crippen molar-refractivity contribution >= 4 is 17.3 Å². The van der Waals surface area contributed by atoms with E-state index in [2.05, 4.69) is 15.3 Å². The lowest BCUT2D eigenvalue weighted by Gasteiger charge is -2.09. The Kier molecular flexibility index (Phi) is 3.77. The minimum atomic E-state index is 0.593. The Morgan fingerprint density at radius 3 is 2.94 bits per heavy atom. The van der Waals surface area contributed by atoms with Gasteiger partial charge in [0.15, 0.2) is 0 Å². The Bertz CT molecular complexity index is 490. The van der Waals surface area contributed by atoms with E-state index in [4.69, 9.17) is 16.3 Å². The van der Waals surface area contributed by atoms with E-state index in [1.165, 1.54) is 6.33 Å². The minimum Gasteiger partial charge on any atom is -0.497 e. The highest BCUT2D eigenvalue weighted by Crippen LogP contribution is 2.26. The molecule has 2 rings (SSSR count). The van der Waals surface area contributed by atoms with Crippen molar-refractivity contribution in [2.45, 2.75) is 6.54 Å². The zero-order chi connectivity index (χ0) is 12.1. The smallest absolute Gasteiger partial charge is 0.121 e. The van der Waals surface area contributed by atoms with Crippen molar-refractivity contribution in [3.8, 4) is 5.75 Å². The highest BCUT2D eigenvalue weighted by atomic mass is 35.5. The average Bonchev–Trinajstić information content (AvgIpc) is 2.39. The topological polar surface area (TPSA) is 47.0 Å². The Labute approximate surface area is 105 Å². The van der Waals surface area contributed by atoms with Crippen LogP contribution in [0.3, 0.4) is 0 Å². The molecule has 88 valence electrons. The molecule has 0 saturated heterocycles. The van der Waals surface area contributed by atoms with Gasteiger partial charge in [-0.15, -0.1) is 0 Å². The first-order valence-electron chi connectivity index (χ1n) is 5.12. The third-order valence-electron chi connectivity index (χ3n) is 2.28. The standard InChI is InChI=1S/C12H12ClN3O/c1-17-10-2-3-11(13)12(6-10)15-7-9-4-5-14-8-16-9/h2-6,8,15H,7H2,1H3. The van der Waals surface area contributed by atoms with Gasteiger partial charge in [-0.05, 0) is 18.2 Å². The third kappa shape index (κ3) is 3.07. The van der Waals surface area contributed by atoms with Crippen LogP contribution in [0.1, 0.15) is 5.69 Å². The molecular formula is C12H12ClN3O. The van der Waals surface area contributed by atoms with Crippen molar-refractivity contribution in [2.75, 3.05) is 12.4 Å². The quantitative estimate of drug-likeness (QED) is 0.905. The van der Waals surface area contributed by atoms with Gasteiger partial charge >= 0.3 is 0 Å². The number of nitrogens with zero attached hydrogens (tertiary/aromatic N) is 2. The van der Waals surface area contributed by atoms with Gasteiger partial charge in [-0.25, -0.2) is 9.97 Å². The van der Waals surface area contributed by atoms with Crippen molar-refractivity contribution in [2.24, 2.45) is 0 Å². The van der Waals surface area contributed by atoms with Crippen LogP contribution in [0.15, 0.2) is 36.8 Å². The molecule has 0 bridgehead atoms. The molecule has 0 unspecified atom stereocenters.